The van der Waals surface area contributed by atoms with Crippen molar-refractivity contribution in [3.63, 3.8) is 0 Å². The standard InChI is InChI=1S/C10H10F4N2O2/c11-7-2-1-6(4-16-5-9(15)17)8(3-7)18-10(12,13)14/h1-3,16H,4-5H2,(H2,15,17). The molecule has 1 rings (SSSR count). The zero-order valence-corrected chi connectivity index (χ0v) is 9.05. The molecule has 0 unspecified atom stereocenters. The molecule has 0 atom stereocenters. The summed E-state index contributed by atoms with van der Waals surface area (Å²) in [5, 5.41) is 2.50. The number of halogens is 4. The number of ether oxygens (including phenoxy) is 1. The predicted molar refractivity (Wildman–Crippen MR) is 54.0 cm³/mol. The zero-order chi connectivity index (χ0) is 13.8. The molecule has 1 amide bonds. The first-order valence-electron chi connectivity index (χ1n) is 4.81. The number of hydrogen-bond donors (Lipinski definition) is 2. The number of carbonyl (C=O) groups excluding carboxylic acids is 1. The molecule has 0 saturated carbocycles. The Morgan fingerprint density at radius 1 is 1.39 bits per heavy atom. The first-order chi connectivity index (χ1) is 8.28. The van der Waals surface area contributed by atoms with Crippen molar-refractivity contribution in [3.8, 4) is 5.75 Å². The number of amides is 1. The molecule has 4 nitrogen and oxygen atoms in total. The van der Waals surface area contributed by atoms with E-state index in [1.165, 1.54) is 0 Å². The van der Waals surface area contributed by atoms with Gasteiger partial charge in [-0.15, -0.1) is 13.2 Å². The van der Waals surface area contributed by atoms with Crippen molar-refractivity contribution >= 4 is 5.91 Å². The van der Waals surface area contributed by atoms with Gasteiger partial charge in [-0.3, -0.25) is 4.79 Å². The molecule has 0 aromatic heterocycles. The first-order valence-corrected chi connectivity index (χ1v) is 4.81. The summed E-state index contributed by atoms with van der Waals surface area (Å²) < 4.78 is 52.7. The number of primary amides is 1. The van der Waals surface area contributed by atoms with E-state index in [0.29, 0.717) is 6.07 Å². The van der Waals surface area contributed by atoms with E-state index in [9.17, 15) is 22.4 Å². The van der Waals surface area contributed by atoms with E-state index >= 15 is 0 Å². The fourth-order valence-electron chi connectivity index (χ4n) is 1.21. The molecule has 100 valence electrons. The summed E-state index contributed by atoms with van der Waals surface area (Å²) in [4.78, 5) is 10.4. The molecule has 0 aliphatic rings. The maximum absolute atomic E-state index is 12.8. The molecule has 1 aromatic carbocycles. The Labute approximate surface area is 99.7 Å². The summed E-state index contributed by atoms with van der Waals surface area (Å²) in [5.41, 5.74) is 4.91. The average molecular weight is 266 g/mol. The first kappa shape index (κ1) is 14.2. The van der Waals surface area contributed by atoms with Crippen molar-refractivity contribution in [1.29, 1.82) is 0 Å². The van der Waals surface area contributed by atoms with Crippen LogP contribution < -0.4 is 15.8 Å². The maximum atomic E-state index is 12.8. The lowest BCUT2D eigenvalue weighted by atomic mass is 10.2. The van der Waals surface area contributed by atoms with Crippen LogP contribution in [0.1, 0.15) is 5.56 Å². The summed E-state index contributed by atoms with van der Waals surface area (Å²) in [5.74, 6) is -2.16. The molecule has 0 spiro atoms. The van der Waals surface area contributed by atoms with E-state index in [4.69, 9.17) is 5.73 Å². The minimum absolute atomic E-state index is 0.0648. The van der Waals surface area contributed by atoms with Gasteiger partial charge in [0.15, 0.2) is 0 Å². The second-order valence-electron chi connectivity index (χ2n) is 3.37. The van der Waals surface area contributed by atoms with Gasteiger partial charge in [0.25, 0.3) is 0 Å². The van der Waals surface area contributed by atoms with Crippen LogP contribution in [0.15, 0.2) is 18.2 Å². The van der Waals surface area contributed by atoms with Gasteiger partial charge in [-0.05, 0) is 6.07 Å². The van der Waals surface area contributed by atoms with E-state index in [1.807, 2.05) is 0 Å². The third-order valence-corrected chi connectivity index (χ3v) is 1.87. The van der Waals surface area contributed by atoms with Gasteiger partial charge < -0.3 is 15.8 Å². The van der Waals surface area contributed by atoms with Crippen LogP contribution in [0, 0.1) is 5.82 Å². The fourth-order valence-corrected chi connectivity index (χ4v) is 1.21. The summed E-state index contributed by atoms with van der Waals surface area (Å²) in [6, 6.07) is 2.74. The molecule has 3 N–H and O–H groups in total. The van der Waals surface area contributed by atoms with Crippen LogP contribution in [0.3, 0.4) is 0 Å². The molecule has 0 aliphatic carbocycles. The SMILES string of the molecule is NC(=O)CNCc1ccc(F)cc1OC(F)(F)F. The van der Waals surface area contributed by atoms with Gasteiger partial charge in [0.05, 0.1) is 6.54 Å². The number of nitrogens with two attached hydrogens (primary N) is 1. The summed E-state index contributed by atoms with van der Waals surface area (Å²) in [6.07, 6.45) is -4.91. The van der Waals surface area contributed by atoms with Crippen molar-refractivity contribution in [1.82, 2.24) is 5.32 Å². The monoisotopic (exact) mass is 266 g/mol. The molecular weight excluding hydrogens is 256 g/mol. The van der Waals surface area contributed by atoms with Gasteiger partial charge in [0.1, 0.15) is 11.6 Å². The Morgan fingerprint density at radius 2 is 2.06 bits per heavy atom. The van der Waals surface area contributed by atoms with E-state index in [-0.39, 0.29) is 18.7 Å². The van der Waals surface area contributed by atoms with Crippen molar-refractivity contribution in [2.75, 3.05) is 6.54 Å². The van der Waals surface area contributed by atoms with E-state index in [2.05, 4.69) is 10.1 Å². The molecule has 0 heterocycles. The molecule has 0 aliphatic heterocycles. The Kier molecular flexibility index (Phi) is 4.49. The number of benzene rings is 1. The van der Waals surface area contributed by atoms with Crippen molar-refractivity contribution in [2.24, 2.45) is 5.73 Å². The lowest BCUT2D eigenvalue weighted by Crippen LogP contribution is -2.28. The second kappa shape index (κ2) is 5.67. The van der Waals surface area contributed by atoms with Crippen molar-refractivity contribution < 1.29 is 27.1 Å². The van der Waals surface area contributed by atoms with Crippen molar-refractivity contribution in [3.05, 3.63) is 29.6 Å². The maximum Gasteiger partial charge on any atom is 0.573 e. The minimum atomic E-state index is -4.91. The molecule has 1 aromatic rings. The Hall–Kier alpha value is -1.83. The molecule has 0 fully saturated rings. The van der Waals surface area contributed by atoms with E-state index in [0.717, 1.165) is 12.1 Å². The highest BCUT2D eigenvalue weighted by Gasteiger charge is 2.32. The highest BCUT2D eigenvalue weighted by atomic mass is 19.4. The lowest BCUT2D eigenvalue weighted by molar-refractivity contribution is -0.275. The number of carbonyl (C=O) groups is 1. The van der Waals surface area contributed by atoms with Gasteiger partial charge in [-0.2, -0.15) is 0 Å². The van der Waals surface area contributed by atoms with Crippen LogP contribution >= 0.6 is 0 Å². The van der Waals surface area contributed by atoms with E-state index < -0.39 is 23.8 Å². The zero-order valence-electron chi connectivity index (χ0n) is 9.05. The molecule has 18 heavy (non-hydrogen) atoms. The molecule has 0 bridgehead atoms. The van der Waals surface area contributed by atoms with E-state index in [1.54, 1.807) is 0 Å². The van der Waals surface area contributed by atoms with Gasteiger partial charge in [-0.25, -0.2) is 4.39 Å². The number of nitrogens with one attached hydrogen (secondary N) is 1. The minimum Gasteiger partial charge on any atom is -0.405 e. The normalized spacial score (nSPS) is 11.3. The summed E-state index contributed by atoms with van der Waals surface area (Å²) in [7, 11) is 0. The quantitative estimate of drug-likeness (QED) is 0.789. The van der Waals surface area contributed by atoms with Crippen LogP contribution in [0.25, 0.3) is 0 Å². The molecule has 0 saturated heterocycles. The predicted octanol–water partition coefficient (Wildman–Crippen LogP) is 1.30. The average Bonchev–Trinajstić information content (AvgIpc) is 2.18. The molecular formula is C10H10F4N2O2. The molecule has 0 radical (unpaired) electrons. The molecule has 8 heteroatoms. The topological polar surface area (TPSA) is 64.4 Å². The van der Waals surface area contributed by atoms with Crippen molar-refractivity contribution in [2.45, 2.75) is 12.9 Å². The smallest absolute Gasteiger partial charge is 0.405 e. The number of rotatable bonds is 5. The second-order valence-corrected chi connectivity index (χ2v) is 3.37. The van der Waals surface area contributed by atoms with Gasteiger partial charge >= 0.3 is 6.36 Å². The van der Waals surface area contributed by atoms with Gasteiger partial charge in [-0.1, -0.05) is 6.07 Å². The van der Waals surface area contributed by atoms with Gasteiger partial charge in [0, 0.05) is 18.2 Å². The largest absolute Gasteiger partial charge is 0.573 e. The van der Waals surface area contributed by atoms with Crippen LogP contribution in [0.5, 0.6) is 5.75 Å². The third kappa shape index (κ3) is 5.00. The fraction of sp³-hybridized carbons (Fsp3) is 0.300. The van der Waals surface area contributed by atoms with Crippen LogP contribution in [0.2, 0.25) is 0 Å². The Bertz CT molecular complexity index is 434. The number of hydrogen-bond acceptors (Lipinski definition) is 3. The van der Waals surface area contributed by atoms with Crippen LogP contribution in [0.4, 0.5) is 17.6 Å². The van der Waals surface area contributed by atoms with Gasteiger partial charge in [0.2, 0.25) is 5.91 Å². The highest BCUT2D eigenvalue weighted by Crippen LogP contribution is 2.27. The summed E-state index contributed by atoms with van der Waals surface area (Å²) >= 11 is 0. The third-order valence-electron chi connectivity index (χ3n) is 1.87. The highest BCUT2D eigenvalue weighted by molar-refractivity contribution is 5.75. The lowest BCUT2D eigenvalue weighted by Gasteiger charge is -2.13. The Balaban J connectivity index is 2.79. The van der Waals surface area contributed by atoms with Crippen LogP contribution in [-0.2, 0) is 11.3 Å². The number of alkyl halides is 3. The Morgan fingerprint density at radius 3 is 2.61 bits per heavy atom. The van der Waals surface area contributed by atoms with Crippen LogP contribution in [-0.4, -0.2) is 18.8 Å². The summed E-state index contributed by atoms with van der Waals surface area (Å²) in [6.45, 7) is -0.308.